The first-order chi connectivity index (χ1) is 13.0. The molecular weight excluding hydrogens is 354 g/mol. The van der Waals surface area contributed by atoms with Crippen molar-refractivity contribution in [1.29, 1.82) is 0 Å². The summed E-state index contributed by atoms with van der Waals surface area (Å²) in [5, 5.41) is 0. The molecule has 2 atom stereocenters. The third-order valence-electron chi connectivity index (χ3n) is 5.67. The lowest BCUT2D eigenvalue weighted by molar-refractivity contribution is -0.162. The lowest BCUT2D eigenvalue weighted by Crippen LogP contribution is -2.56. The molecule has 1 saturated carbocycles. The number of hydrogen-bond donors (Lipinski definition) is 0. The van der Waals surface area contributed by atoms with Crippen molar-refractivity contribution >= 4 is 5.91 Å². The van der Waals surface area contributed by atoms with Gasteiger partial charge in [-0.05, 0) is 30.5 Å². The quantitative estimate of drug-likeness (QED) is 0.829. The third kappa shape index (κ3) is 2.68. The highest BCUT2D eigenvalue weighted by Gasteiger charge is 2.63. The molecule has 3 fully saturated rings. The molecule has 1 aromatic carbocycles. The number of rotatable bonds is 3. The number of benzene rings is 1. The normalized spacial score (nSPS) is 31.9. The van der Waals surface area contributed by atoms with Crippen LogP contribution in [0, 0.1) is 11.6 Å². The van der Waals surface area contributed by atoms with E-state index in [4.69, 9.17) is 9.47 Å². The van der Waals surface area contributed by atoms with Crippen molar-refractivity contribution in [1.82, 2.24) is 9.88 Å². The van der Waals surface area contributed by atoms with E-state index in [0.29, 0.717) is 18.6 Å². The summed E-state index contributed by atoms with van der Waals surface area (Å²) in [6.45, 7) is 0. The van der Waals surface area contributed by atoms with Crippen LogP contribution in [0.1, 0.15) is 37.3 Å². The van der Waals surface area contributed by atoms with Gasteiger partial charge in [-0.3, -0.25) is 9.78 Å². The zero-order valence-electron chi connectivity index (χ0n) is 14.5. The van der Waals surface area contributed by atoms with E-state index < -0.39 is 11.4 Å². The summed E-state index contributed by atoms with van der Waals surface area (Å²) in [5.74, 6) is -0.432. The second-order valence-corrected chi connectivity index (χ2v) is 7.41. The third-order valence-corrected chi connectivity index (χ3v) is 5.67. The molecule has 0 unspecified atom stereocenters. The summed E-state index contributed by atoms with van der Waals surface area (Å²) in [6.07, 6.45) is 4.54. The Morgan fingerprint density at radius 1 is 1.11 bits per heavy atom. The van der Waals surface area contributed by atoms with E-state index >= 15 is 0 Å². The molecule has 0 bridgehead atoms. The van der Waals surface area contributed by atoms with E-state index in [0.717, 1.165) is 24.6 Å². The number of pyridine rings is 1. The van der Waals surface area contributed by atoms with Crippen LogP contribution < -0.4 is 4.74 Å². The van der Waals surface area contributed by atoms with Gasteiger partial charge in [0, 0.05) is 18.9 Å². The molecule has 27 heavy (non-hydrogen) atoms. The van der Waals surface area contributed by atoms with Crippen LogP contribution in [0.4, 0.5) is 8.78 Å². The Balaban J connectivity index is 1.29. The van der Waals surface area contributed by atoms with E-state index in [1.807, 2.05) is 0 Å². The molecule has 3 heterocycles. The van der Waals surface area contributed by atoms with Crippen molar-refractivity contribution < 1.29 is 23.0 Å². The number of aromatic nitrogens is 1. The van der Waals surface area contributed by atoms with Crippen LogP contribution >= 0.6 is 0 Å². The highest BCUT2D eigenvalue weighted by atomic mass is 19.1. The zero-order chi connectivity index (χ0) is 18.6. The molecule has 5 rings (SSSR count). The van der Waals surface area contributed by atoms with Crippen LogP contribution in [0.2, 0.25) is 0 Å². The monoisotopic (exact) mass is 372 g/mol. The van der Waals surface area contributed by atoms with Gasteiger partial charge in [-0.1, -0.05) is 12.1 Å². The first-order valence-electron chi connectivity index (χ1n) is 9.07. The molecule has 140 valence electrons. The Hall–Kier alpha value is -2.54. The minimum Gasteiger partial charge on any atom is -0.488 e. The van der Waals surface area contributed by atoms with Crippen LogP contribution in [0.5, 0.6) is 5.75 Å². The minimum absolute atomic E-state index is 0.0310. The number of nitrogens with zero attached hydrogens (tertiary/aromatic N) is 2. The lowest BCUT2D eigenvalue weighted by atomic mass is 9.76. The second-order valence-electron chi connectivity index (χ2n) is 7.41. The number of hydrogen-bond acceptors (Lipinski definition) is 4. The van der Waals surface area contributed by atoms with E-state index in [-0.39, 0.29) is 30.1 Å². The zero-order valence-corrected chi connectivity index (χ0v) is 14.5. The summed E-state index contributed by atoms with van der Waals surface area (Å²) in [5.41, 5.74) is 0.0697. The van der Waals surface area contributed by atoms with Crippen molar-refractivity contribution in [2.45, 2.75) is 49.7 Å². The molecule has 2 aliphatic heterocycles. The highest BCUT2D eigenvalue weighted by molar-refractivity contribution is 5.89. The molecule has 3 aliphatic rings. The first-order valence-corrected chi connectivity index (χ1v) is 9.07. The summed E-state index contributed by atoms with van der Waals surface area (Å²) >= 11 is 0. The standard InChI is InChI=1S/C20H18F2N2O3/c21-13-3-1-12(2-4-13)17-5-6-18-24(17)19(25)20(27-18)8-16(9-20)26-15-7-14(22)10-23-11-15/h1-4,7,10-11,16-18H,5-6,8-9H2/t16?,17-,18+,20?/m0/s1. The van der Waals surface area contributed by atoms with Gasteiger partial charge in [-0.15, -0.1) is 0 Å². The fourth-order valence-electron chi connectivity index (χ4n) is 4.40. The molecule has 1 amide bonds. The Kier molecular flexibility index (Phi) is 3.69. The Labute approximate surface area is 154 Å². The molecule has 1 spiro atoms. The van der Waals surface area contributed by atoms with Crippen molar-refractivity contribution in [3.8, 4) is 5.75 Å². The Morgan fingerprint density at radius 3 is 2.63 bits per heavy atom. The fraction of sp³-hybridized carbons (Fsp3) is 0.400. The largest absolute Gasteiger partial charge is 0.488 e. The molecule has 1 aliphatic carbocycles. The van der Waals surface area contributed by atoms with Gasteiger partial charge in [-0.25, -0.2) is 8.78 Å². The van der Waals surface area contributed by atoms with Gasteiger partial charge in [0.15, 0.2) is 5.60 Å². The molecule has 1 aromatic heterocycles. The van der Waals surface area contributed by atoms with Crippen molar-refractivity contribution in [3.05, 3.63) is 59.9 Å². The van der Waals surface area contributed by atoms with Gasteiger partial charge in [0.2, 0.25) is 0 Å². The Bertz CT molecular complexity index is 883. The predicted octanol–water partition coefficient (Wildman–Crippen LogP) is 3.36. The number of ether oxygens (including phenoxy) is 2. The van der Waals surface area contributed by atoms with Crippen molar-refractivity contribution in [2.75, 3.05) is 0 Å². The summed E-state index contributed by atoms with van der Waals surface area (Å²) < 4.78 is 38.3. The fourth-order valence-corrected chi connectivity index (χ4v) is 4.40. The molecule has 7 heteroatoms. The van der Waals surface area contributed by atoms with Gasteiger partial charge in [0.25, 0.3) is 5.91 Å². The van der Waals surface area contributed by atoms with Crippen LogP contribution in [0.15, 0.2) is 42.7 Å². The van der Waals surface area contributed by atoms with Crippen LogP contribution in [0.25, 0.3) is 0 Å². The average Bonchev–Trinajstić information content (AvgIpc) is 3.14. The molecule has 0 N–H and O–H groups in total. The number of carbonyl (C=O) groups excluding carboxylic acids is 1. The molecule has 2 aromatic rings. The lowest BCUT2D eigenvalue weighted by Gasteiger charge is -2.42. The first kappa shape index (κ1) is 16.6. The van der Waals surface area contributed by atoms with E-state index in [1.54, 1.807) is 17.0 Å². The van der Waals surface area contributed by atoms with Crippen LogP contribution in [-0.4, -0.2) is 33.7 Å². The van der Waals surface area contributed by atoms with Crippen LogP contribution in [0.3, 0.4) is 0 Å². The highest BCUT2D eigenvalue weighted by Crippen LogP contribution is 2.51. The maximum Gasteiger partial charge on any atom is 0.257 e. The number of halogens is 2. The van der Waals surface area contributed by atoms with Gasteiger partial charge < -0.3 is 14.4 Å². The van der Waals surface area contributed by atoms with Crippen LogP contribution in [-0.2, 0) is 9.53 Å². The number of fused-ring (bicyclic) bond motifs is 1. The van der Waals surface area contributed by atoms with Gasteiger partial charge in [0.05, 0.1) is 18.4 Å². The predicted molar refractivity (Wildman–Crippen MR) is 90.7 cm³/mol. The smallest absolute Gasteiger partial charge is 0.257 e. The second kappa shape index (κ2) is 5.99. The molecule has 0 radical (unpaired) electrons. The average molecular weight is 372 g/mol. The molecular formula is C20H18F2N2O3. The van der Waals surface area contributed by atoms with E-state index in [9.17, 15) is 13.6 Å². The van der Waals surface area contributed by atoms with Gasteiger partial charge >= 0.3 is 0 Å². The topological polar surface area (TPSA) is 51.7 Å². The summed E-state index contributed by atoms with van der Waals surface area (Å²) in [4.78, 5) is 18.7. The van der Waals surface area contributed by atoms with E-state index in [1.165, 1.54) is 24.4 Å². The Morgan fingerprint density at radius 2 is 1.89 bits per heavy atom. The SMILES string of the molecule is O=C1N2[C@@H](CC[C@H]2c2ccc(F)cc2)OC12CC(Oc1cncc(F)c1)C2. The summed E-state index contributed by atoms with van der Waals surface area (Å²) in [7, 11) is 0. The van der Waals surface area contributed by atoms with E-state index in [2.05, 4.69) is 4.98 Å². The minimum atomic E-state index is -0.852. The van der Waals surface area contributed by atoms with Gasteiger partial charge in [-0.2, -0.15) is 0 Å². The number of carbonyl (C=O) groups is 1. The molecule has 2 saturated heterocycles. The summed E-state index contributed by atoms with van der Waals surface area (Å²) in [6, 6.07) is 7.47. The van der Waals surface area contributed by atoms with Gasteiger partial charge in [0.1, 0.15) is 29.7 Å². The van der Waals surface area contributed by atoms with Crippen molar-refractivity contribution in [2.24, 2.45) is 0 Å². The maximum atomic E-state index is 13.2. The number of amides is 1. The molecule has 5 nitrogen and oxygen atoms in total. The van der Waals surface area contributed by atoms with Crippen molar-refractivity contribution in [3.63, 3.8) is 0 Å². The maximum absolute atomic E-state index is 13.2.